The lowest BCUT2D eigenvalue weighted by atomic mass is 9.86. The van der Waals surface area contributed by atoms with E-state index in [9.17, 15) is 4.79 Å². The minimum Gasteiger partial charge on any atom is -0.342 e. The lowest BCUT2D eigenvalue weighted by Gasteiger charge is -2.34. The van der Waals surface area contributed by atoms with E-state index in [4.69, 9.17) is 0 Å². The summed E-state index contributed by atoms with van der Waals surface area (Å²) in [6.45, 7) is 3.86. The van der Waals surface area contributed by atoms with E-state index in [-0.39, 0.29) is 18.3 Å². The minimum atomic E-state index is 0. The van der Waals surface area contributed by atoms with E-state index in [0.717, 1.165) is 18.4 Å². The number of likely N-dealkylation sites (N-methyl/N-ethyl adjacent to an activating group) is 1. The molecule has 2 unspecified atom stereocenters. The van der Waals surface area contributed by atoms with Gasteiger partial charge < -0.3 is 10.2 Å². The third-order valence-electron chi connectivity index (χ3n) is 4.26. The Labute approximate surface area is 117 Å². The zero-order valence-corrected chi connectivity index (χ0v) is 12.5. The highest BCUT2D eigenvalue weighted by molar-refractivity contribution is 5.85. The number of halogens is 1. The van der Waals surface area contributed by atoms with Gasteiger partial charge in [-0.15, -0.1) is 12.4 Å². The first kappa shape index (κ1) is 15.8. The molecule has 3 nitrogen and oxygen atoms in total. The van der Waals surface area contributed by atoms with Crippen LogP contribution in [0.5, 0.6) is 0 Å². The zero-order valence-electron chi connectivity index (χ0n) is 11.7. The zero-order chi connectivity index (χ0) is 12.3. The average Bonchev–Trinajstić information content (AvgIpc) is 3.12. The third kappa shape index (κ3) is 4.77. The Kier molecular flexibility index (Phi) is 6.44. The number of amides is 1. The Morgan fingerprint density at radius 2 is 2.00 bits per heavy atom. The molecule has 0 aromatic heterocycles. The van der Waals surface area contributed by atoms with E-state index in [1.165, 1.54) is 38.5 Å². The normalized spacial score (nSPS) is 27.4. The van der Waals surface area contributed by atoms with Gasteiger partial charge in [0.2, 0.25) is 5.91 Å². The minimum absolute atomic E-state index is 0. The summed E-state index contributed by atoms with van der Waals surface area (Å²) >= 11 is 0. The Hall–Kier alpha value is -0.280. The molecule has 0 aliphatic heterocycles. The monoisotopic (exact) mass is 274 g/mol. The number of rotatable bonds is 5. The maximum atomic E-state index is 12.0. The summed E-state index contributed by atoms with van der Waals surface area (Å²) in [5.41, 5.74) is 0. The fourth-order valence-corrected chi connectivity index (χ4v) is 2.79. The fraction of sp³-hybridized carbons (Fsp3) is 0.929. The number of nitrogens with one attached hydrogen (secondary N) is 1. The van der Waals surface area contributed by atoms with Gasteiger partial charge in [0.05, 0.1) is 6.54 Å². The second-order valence-corrected chi connectivity index (χ2v) is 6.00. The van der Waals surface area contributed by atoms with Crippen molar-refractivity contribution in [2.75, 3.05) is 20.1 Å². The van der Waals surface area contributed by atoms with Gasteiger partial charge in [0, 0.05) is 13.1 Å². The molecule has 2 aliphatic carbocycles. The summed E-state index contributed by atoms with van der Waals surface area (Å²) in [7, 11) is 1.98. The van der Waals surface area contributed by atoms with Crippen molar-refractivity contribution < 1.29 is 4.79 Å². The Morgan fingerprint density at radius 3 is 2.61 bits per heavy atom. The van der Waals surface area contributed by atoms with Gasteiger partial charge in [0.15, 0.2) is 0 Å². The van der Waals surface area contributed by atoms with E-state index < -0.39 is 0 Å². The lowest BCUT2D eigenvalue weighted by Crippen LogP contribution is -2.44. The van der Waals surface area contributed by atoms with Gasteiger partial charge in [-0.1, -0.05) is 19.8 Å². The topological polar surface area (TPSA) is 32.3 Å². The quantitative estimate of drug-likeness (QED) is 0.835. The van der Waals surface area contributed by atoms with Crippen molar-refractivity contribution in [2.45, 2.75) is 51.5 Å². The molecule has 2 atom stereocenters. The van der Waals surface area contributed by atoms with E-state index >= 15 is 0 Å². The van der Waals surface area contributed by atoms with Gasteiger partial charge in [-0.3, -0.25) is 4.79 Å². The highest BCUT2D eigenvalue weighted by Crippen LogP contribution is 2.28. The smallest absolute Gasteiger partial charge is 0.236 e. The van der Waals surface area contributed by atoms with Gasteiger partial charge in [-0.2, -0.15) is 0 Å². The van der Waals surface area contributed by atoms with Crippen LogP contribution in [0, 0.1) is 11.8 Å². The van der Waals surface area contributed by atoms with Crippen molar-refractivity contribution in [1.82, 2.24) is 10.2 Å². The number of nitrogens with zero attached hydrogens (tertiary/aromatic N) is 1. The van der Waals surface area contributed by atoms with Crippen LogP contribution in [0.1, 0.15) is 45.4 Å². The molecule has 0 saturated heterocycles. The van der Waals surface area contributed by atoms with Crippen molar-refractivity contribution in [1.29, 1.82) is 0 Å². The van der Waals surface area contributed by atoms with Gasteiger partial charge in [0.1, 0.15) is 0 Å². The highest BCUT2D eigenvalue weighted by atomic mass is 35.5. The van der Waals surface area contributed by atoms with Gasteiger partial charge in [-0.05, 0) is 44.1 Å². The van der Waals surface area contributed by atoms with E-state index in [1.807, 2.05) is 11.9 Å². The first-order valence-electron chi connectivity index (χ1n) is 7.13. The molecule has 0 aromatic carbocycles. The standard InChI is InChI=1S/C14H26N2O.ClH/c1-11-4-3-5-13(8-11)16(2)14(17)10-15-9-12-6-7-12;/h11-13,15H,3-10H2,1-2H3;1H. The van der Waals surface area contributed by atoms with Gasteiger partial charge in [-0.25, -0.2) is 0 Å². The molecule has 2 aliphatic rings. The van der Waals surface area contributed by atoms with Crippen LogP contribution in [0.15, 0.2) is 0 Å². The molecule has 18 heavy (non-hydrogen) atoms. The molecule has 1 amide bonds. The maximum Gasteiger partial charge on any atom is 0.236 e. The van der Waals surface area contributed by atoms with Crippen molar-refractivity contribution in [2.24, 2.45) is 11.8 Å². The second kappa shape index (κ2) is 7.34. The molecule has 4 heteroatoms. The number of hydrogen-bond acceptors (Lipinski definition) is 2. The predicted molar refractivity (Wildman–Crippen MR) is 77.0 cm³/mol. The second-order valence-electron chi connectivity index (χ2n) is 6.00. The van der Waals surface area contributed by atoms with Crippen molar-refractivity contribution >= 4 is 18.3 Å². The maximum absolute atomic E-state index is 12.0. The van der Waals surface area contributed by atoms with E-state index in [2.05, 4.69) is 12.2 Å². The summed E-state index contributed by atoms with van der Waals surface area (Å²) in [6, 6.07) is 0.481. The summed E-state index contributed by atoms with van der Waals surface area (Å²) in [5.74, 6) is 1.90. The summed E-state index contributed by atoms with van der Waals surface area (Å²) in [6.07, 6.45) is 7.67. The first-order chi connectivity index (χ1) is 8.16. The molecule has 0 spiro atoms. The number of carbonyl (C=O) groups is 1. The molecule has 0 heterocycles. The number of carbonyl (C=O) groups excluding carboxylic acids is 1. The average molecular weight is 275 g/mol. The Bertz CT molecular complexity index is 269. The fourth-order valence-electron chi connectivity index (χ4n) is 2.79. The molecule has 2 saturated carbocycles. The highest BCUT2D eigenvalue weighted by Gasteiger charge is 2.26. The van der Waals surface area contributed by atoms with Crippen LogP contribution in [-0.4, -0.2) is 37.0 Å². The van der Waals surface area contributed by atoms with Crippen LogP contribution < -0.4 is 5.32 Å². The largest absolute Gasteiger partial charge is 0.342 e. The van der Waals surface area contributed by atoms with Crippen molar-refractivity contribution in [3.63, 3.8) is 0 Å². The van der Waals surface area contributed by atoms with Crippen molar-refractivity contribution in [3.8, 4) is 0 Å². The Morgan fingerprint density at radius 1 is 1.28 bits per heavy atom. The molecule has 0 radical (unpaired) electrons. The SMILES string of the molecule is CC1CCCC(N(C)C(=O)CNCC2CC2)C1.Cl. The van der Waals surface area contributed by atoms with Crippen LogP contribution in [0.3, 0.4) is 0 Å². The van der Waals surface area contributed by atoms with Crippen LogP contribution in [0.25, 0.3) is 0 Å². The summed E-state index contributed by atoms with van der Waals surface area (Å²) in [5, 5.41) is 3.29. The molecular weight excluding hydrogens is 248 g/mol. The van der Waals surface area contributed by atoms with Crippen LogP contribution in [0.2, 0.25) is 0 Å². The first-order valence-corrected chi connectivity index (χ1v) is 7.13. The van der Waals surface area contributed by atoms with Gasteiger partial charge in [0.25, 0.3) is 0 Å². The van der Waals surface area contributed by atoms with Crippen LogP contribution in [0.4, 0.5) is 0 Å². The van der Waals surface area contributed by atoms with E-state index in [1.54, 1.807) is 0 Å². The molecule has 1 N–H and O–H groups in total. The predicted octanol–water partition coefficient (Wildman–Crippen LogP) is 2.44. The van der Waals surface area contributed by atoms with Gasteiger partial charge >= 0.3 is 0 Å². The molecule has 0 aromatic rings. The Balaban J connectivity index is 0.00000162. The molecule has 0 bridgehead atoms. The van der Waals surface area contributed by atoms with Crippen LogP contribution in [-0.2, 0) is 4.79 Å². The van der Waals surface area contributed by atoms with Crippen LogP contribution >= 0.6 is 12.4 Å². The summed E-state index contributed by atoms with van der Waals surface area (Å²) in [4.78, 5) is 14.0. The summed E-state index contributed by atoms with van der Waals surface area (Å²) < 4.78 is 0. The lowest BCUT2D eigenvalue weighted by molar-refractivity contribution is -0.131. The number of hydrogen-bond donors (Lipinski definition) is 1. The molecule has 2 fully saturated rings. The molecule has 2 rings (SSSR count). The molecular formula is C14H27ClN2O. The van der Waals surface area contributed by atoms with E-state index in [0.29, 0.717) is 12.6 Å². The molecule has 106 valence electrons. The van der Waals surface area contributed by atoms with Crippen molar-refractivity contribution in [3.05, 3.63) is 0 Å². The third-order valence-corrected chi connectivity index (χ3v) is 4.26.